The highest BCUT2D eigenvalue weighted by Gasteiger charge is 2.12. The highest BCUT2D eigenvalue weighted by Crippen LogP contribution is 2.20. The lowest BCUT2D eigenvalue weighted by Crippen LogP contribution is -2.22. The monoisotopic (exact) mass is 397 g/mol. The van der Waals surface area contributed by atoms with Crippen LogP contribution in [-0.2, 0) is 17.6 Å². The van der Waals surface area contributed by atoms with Gasteiger partial charge in [0.2, 0.25) is 0 Å². The maximum Gasteiger partial charge on any atom is 0.281 e. The summed E-state index contributed by atoms with van der Waals surface area (Å²) in [6.07, 6.45) is 2.73. The van der Waals surface area contributed by atoms with E-state index in [1.807, 2.05) is 6.92 Å². The van der Waals surface area contributed by atoms with Crippen molar-refractivity contribution < 1.29 is 13.9 Å². The van der Waals surface area contributed by atoms with Crippen LogP contribution in [0, 0.1) is 5.82 Å². The Morgan fingerprint density at radius 3 is 2.88 bits per heavy atom. The van der Waals surface area contributed by atoms with Crippen molar-refractivity contribution in [2.45, 2.75) is 19.8 Å². The number of aliphatic imine (C=N–C) groups is 1. The summed E-state index contributed by atoms with van der Waals surface area (Å²) in [5, 5.41) is 0.149. The maximum absolute atomic E-state index is 13.3. The fourth-order valence-electron chi connectivity index (χ4n) is 2.16. The highest BCUT2D eigenvalue weighted by molar-refractivity contribution is 6.33. The lowest BCUT2D eigenvalue weighted by atomic mass is 10.1. The zero-order chi connectivity index (χ0) is 19.1. The Labute approximate surface area is 161 Å². The predicted octanol–water partition coefficient (Wildman–Crippen LogP) is 3.85. The summed E-state index contributed by atoms with van der Waals surface area (Å²) in [4.78, 5) is 19.9. The lowest BCUT2D eigenvalue weighted by Gasteiger charge is -2.07. The molecule has 0 spiro atoms. The first-order valence-electron chi connectivity index (χ1n) is 7.94. The average molecular weight is 398 g/mol. The van der Waals surface area contributed by atoms with Crippen molar-refractivity contribution in [3.63, 3.8) is 0 Å². The SMILES string of the molecule is CCc1cnc(Cl)c(C(=O)N=C(N)COCCc2cccc(F)c2Cl)c1. The summed E-state index contributed by atoms with van der Waals surface area (Å²) < 4.78 is 18.7. The molecular weight excluding hydrogens is 380 g/mol. The van der Waals surface area contributed by atoms with Crippen LogP contribution in [0.3, 0.4) is 0 Å². The molecule has 2 aromatic rings. The number of nitrogens with zero attached hydrogens (tertiary/aromatic N) is 2. The Kier molecular flexibility index (Phi) is 7.50. The smallest absolute Gasteiger partial charge is 0.281 e. The van der Waals surface area contributed by atoms with Crippen molar-refractivity contribution in [3.05, 3.63) is 63.1 Å². The average Bonchev–Trinajstić information content (AvgIpc) is 2.62. The summed E-state index contributed by atoms with van der Waals surface area (Å²) in [7, 11) is 0. The van der Waals surface area contributed by atoms with Gasteiger partial charge in [-0.1, -0.05) is 42.3 Å². The number of amidine groups is 1. The van der Waals surface area contributed by atoms with Crippen molar-refractivity contribution in [2.24, 2.45) is 10.7 Å². The molecule has 0 atom stereocenters. The summed E-state index contributed by atoms with van der Waals surface area (Å²) >= 11 is 11.8. The van der Waals surface area contributed by atoms with Crippen molar-refractivity contribution in [1.82, 2.24) is 4.98 Å². The van der Waals surface area contributed by atoms with Crippen LogP contribution in [0.1, 0.15) is 28.4 Å². The quantitative estimate of drug-likeness (QED) is 0.333. The topological polar surface area (TPSA) is 77.6 Å². The van der Waals surface area contributed by atoms with Crippen LogP contribution in [0.25, 0.3) is 0 Å². The van der Waals surface area contributed by atoms with Gasteiger partial charge in [0.15, 0.2) is 0 Å². The molecule has 0 bridgehead atoms. The number of carbonyl (C=O) groups excluding carboxylic acids is 1. The molecule has 5 nitrogen and oxygen atoms in total. The van der Waals surface area contributed by atoms with Gasteiger partial charge in [0, 0.05) is 6.20 Å². The number of nitrogens with two attached hydrogens (primary N) is 1. The number of ether oxygens (including phenoxy) is 1. The first-order chi connectivity index (χ1) is 12.4. The molecule has 0 unspecified atom stereocenters. The van der Waals surface area contributed by atoms with Crippen LogP contribution < -0.4 is 5.73 Å². The first-order valence-corrected chi connectivity index (χ1v) is 8.70. The van der Waals surface area contributed by atoms with Crippen molar-refractivity contribution in [2.75, 3.05) is 13.2 Å². The zero-order valence-electron chi connectivity index (χ0n) is 14.1. The summed E-state index contributed by atoms with van der Waals surface area (Å²) in [5.41, 5.74) is 7.42. The third-order valence-electron chi connectivity index (χ3n) is 3.58. The Bertz CT molecular complexity index is 828. The van der Waals surface area contributed by atoms with Gasteiger partial charge in [0.25, 0.3) is 5.91 Å². The largest absolute Gasteiger partial charge is 0.385 e. The van der Waals surface area contributed by atoms with E-state index in [1.54, 1.807) is 24.4 Å². The normalized spacial score (nSPS) is 11.6. The lowest BCUT2D eigenvalue weighted by molar-refractivity contribution is 0.1000. The van der Waals surface area contributed by atoms with Crippen LogP contribution in [0.2, 0.25) is 10.2 Å². The van der Waals surface area contributed by atoms with Gasteiger partial charge >= 0.3 is 0 Å². The first kappa shape index (κ1) is 20.3. The minimum absolute atomic E-state index is 0.0123. The number of hydrogen-bond acceptors (Lipinski definition) is 3. The second-order valence-corrected chi connectivity index (χ2v) is 6.20. The fourth-order valence-corrected chi connectivity index (χ4v) is 2.56. The third-order valence-corrected chi connectivity index (χ3v) is 4.30. The predicted molar refractivity (Wildman–Crippen MR) is 101 cm³/mol. The second kappa shape index (κ2) is 9.62. The van der Waals surface area contributed by atoms with E-state index in [0.29, 0.717) is 12.0 Å². The molecule has 2 N–H and O–H groups in total. The van der Waals surface area contributed by atoms with E-state index in [0.717, 1.165) is 12.0 Å². The van der Waals surface area contributed by atoms with E-state index in [-0.39, 0.29) is 34.8 Å². The van der Waals surface area contributed by atoms with E-state index in [2.05, 4.69) is 9.98 Å². The number of aromatic nitrogens is 1. The fraction of sp³-hybridized carbons (Fsp3) is 0.278. The van der Waals surface area contributed by atoms with Gasteiger partial charge in [0.05, 0.1) is 17.2 Å². The molecule has 1 aromatic heterocycles. The molecule has 0 aliphatic rings. The van der Waals surface area contributed by atoms with Crippen LogP contribution in [0.5, 0.6) is 0 Å². The minimum atomic E-state index is -0.577. The molecule has 138 valence electrons. The molecule has 0 radical (unpaired) electrons. The van der Waals surface area contributed by atoms with E-state index < -0.39 is 11.7 Å². The van der Waals surface area contributed by atoms with Gasteiger partial charge in [-0.2, -0.15) is 4.99 Å². The maximum atomic E-state index is 13.3. The number of halogens is 3. The van der Waals surface area contributed by atoms with Gasteiger partial charge in [-0.3, -0.25) is 4.79 Å². The van der Waals surface area contributed by atoms with E-state index >= 15 is 0 Å². The molecule has 2 rings (SSSR count). The Balaban J connectivity index is 1.90. The second-order valence-electron chi connectivity index (χ2n) is 5.46. The molecule has 0 saturated carbocycles. The number of amides is 1. The molecule has 1 aromatic carbocycles. The van der Waals surface area contributed by atoms with Crippen molar-refractivity contribution in [1.29, 1.82) is 0 Å². The molecule has 0 aliphatic heterocycles. The number of aryl methyl sites for hydroxylation is 1. The van der Waals surface area contributed by atoms with Crippen LogP contribution >= 0.6 is 23.2 Å². The standard InChI is InChI=1S/C18H18Cl2FN3O2/c1-2-11-8-13(17(20)23-9-11)18(25)24-15(22)10-26-7-6-12-4-3-5-14(21)16(12)19/h3-5,8-9H,2,6-7,10H2,1H3,(H2,22,24,25). The number of rotatable bonds is 7. The molecule has 0 fully saturated rings. The van der Waals surface area contributed by atoms with Crippen LogP contribution in [-0.4, -0.2) is 29.9 Å². The molecule has 0 saturated heterocycles. The van der Waals surface area contributed by atoms with E-state index in [9.17, 15) is 9.18 Å². The van der Waals surface area contributed by atoms with Gasteiger partial charge in [-0.05, 0) is 36.1 Å². The van der Waals surface area contributed by atoms with Crippen molar-refractivity contribution >= 4 is 34.9 Å². The number of carbonyl (C=O) groups is 1. The molecule has 8 heteroatoms. The van der Waals surface area contributed by atoms with Gasteiger partial charge < -0.3 is 10.5 Å². The van der Waals surface area contributed by atoms with Crippen LogP contribution in [0.15, 0.2) is 35.5 Å². The Morgan fingerprint density at radius 1 is 1.38 bits per heavy atom. The zero-order valence-corrected chi connectivity index (χ0v) is 15.6. The molecule has 0 aliphatic carbocycles. The minimum Gasteiger partial charge on any atom is -0.385 e. The number of pyridine rings is 1. The highest BCUT2D eigenvalue weighted by atomic mass is 35.5. The molecule has 1 amide bonds. The molecule has 1 heterocycles. The summed E-state index contributed by atoms with van der Waals surface area (Å²) in [5.74, 6) is -1.04. The molecular formula is C18H18Cl2FN3O2. The van der Waals surface area contributed by atoms with Gasteiger partial charge in [-0.15, -0.1) is 0 Å². The van der Waals surface area contributed by atoms with E-state index in [1.165, 1.54) is 6.07 Å². The van der Waals surface area contributed by atoms with Crippen molar-refractivity contribution in [3.8, 4) is 0 Å². The third kappa shape index (κ3) is 5.49. The number of benzene rings is 1. The molecule has 26 heavy (non-hydrogen) atoms. The van der Waals surface area contributed by atoms with Gasteiger partial charge in [0.1, 0.15) is 23.4 Å². The van der Waals surface area contributed by atoms with Crippen LogP contribution in [0.4, 0.5) is 4.39 Å². The summed E-state index contributed by atoms with van der Waals surface area (Å²) in [6, 6.07) is 6.22. The van der Waals surface area contributed by atoms with Gasteiger partial charge in [-0.25, -0.2) is 9.37 Å². The number of hydrogen-bond donors (Lipinski definition) is 1. The van der Waals surface area contributed by atoms with E-state index in [4.69, 9.17) is 33.7 Å². The Hall–Kier alpha value is -2.02. The summed E-state index contributed by atoms with van der Waals surface area (Å²) in [6.45, 7) is 2.15. The Morgan fingerprint density at radius 2 is 2.15 bits per heavy atom.